The van der Waals surface area contributed by atoms with Gasteiger partial charge in [-0.2, -0.15) is 0 Å². The van der Waals surface area contributed by atoms with Gasteiger partial charge in [0.2, 0.25) is 0 Å². The van der Waals surface area contributed by atoms with Gasteiger partial charge in [0.05, 0.1) is 6.20 Å². The van der Waals surface area contributed by atoms with Gasteiger partial charge in [-0.3, -0.25) is 0 Å². The number of hydrogen-bond donors (Lipinski definition) is 0. The van der Waals surface area contributed by atoms with Crippen LogP contribution in [0.2, 0.25) is 5.15 Å². The van der Waals surface area contributed by atoms with Crippen LogP contribution >= 0.6 is 11.6 Å². The smallest absolute Gasteiger partial charge is 0.149 e. The van der Waals surface area contributed by atoms with E-state index < -0.39 is 0 Å². The van der Waals surface area contributed by atoms with Gasteiger partial charge in [-0.1, -0.05) is 41.6 Å². The topological polar surface area (TPSA) is 22.1 Å². The van der Waals surface area contributed by atoms with Crippen LogP contribution in [0.1, 0.15) is 5.56 Å². The minimum atomic E-state index is 0.332. The summed E-state index contributed by atoms with van der Waals surface area (Å²) in [5.41, 5.74) is 0.977. The largest absolute Gasteiger partial charge is 0.479 e. The van der Waals surface area contributed by atoms with Crippen molar-refractivity contribution in [2.45, 2.75) is 0 Å². The van der Waals surface area contributed by atoms with Gasteiger partial charge in [0.1, 0.15) is 17.5 Å². The number of hydrogen-bond acceptors (Lipinski definition) is 2. The Hall–Kier alpha value is -1.98. The fraction of sp³-hybridized carbons (Fsp3) is 0.0714. The quantitative estimate of drug-likeness (QED) is 0.597. The molecule has 17 heavy (non-hydrogen) atoms. The monoisotopic (exact) mass is 243 g/mol. The van der Waals surface area contributed by atoms with E-state index >= 15 is 0 Å². The summed E-state index contributed by atoms with van der Waals surface area (Å²) in [5, 5.41) is 0.452. The first kappa shape index (κ1) is 11.5. The highest BCUT2D eigenvalue weighted by Crippen LogP contribution is 2.11. The second-order valence-corrected chi connectivity index (χ2v) is 3.66. The summed E-state index contributed by atoms with van der Waals surface area (Å²) in [4.78, 5) is 3.91. The summed E-state index contributed by atoms with van der Waals surface area (Å²) < 4.78 is 5.39. The van der Waals surface area contributed by atoms with Gasteiger partial charge in [0, 0.05) is 5.56 Å². The van der Waals surface area contributed by atoms with Gasteiger partial charge in [0.25, 0.3) is 0 Å². The number of halogens is 1. The van der Waals surface area contributed by atoms with Crippen LogP contribution in [-0.4, -0.2) is 11.6 Å². The van der Waals surface area contributed by atoms with Crippen molar-refractivity contribution in [2.24, 2.45) is 0 Å². The highest BCUT2D eigenvalue weighted by Gasteiger charge is 1.92. The molecule has 1 aromatic carbocycles. The molecule has 0 radical (unpaired) electrons. The molecule has 1 heterocycles. The van der Waals surface area contributed by atoms with Crippen molar-refractivity contribution in [3.8, 4) is 17.6 Å². The normalized spacial score (nSPS) is 9.24. The standard InChI is InChI=1S/C14H10ClNO/c15-14-9-8-13(11-16-14)17-10-4-7-12-5-2-1-3-6-12/h1-3,5-6,8-9,11H,10H2. The Morgan fingerprint density at radius 1 is 1.12 bits per heavy atom. The van der Waals surface area contributed by atoms with Gasteiger partial charge >= 0.3 is 0 Å². The molecule has 0 fully saturated rings. The third-order valence-corrected chi connectivity index (χ3v) is 2.24. The van der Waals surface area contributed by atoms with Gasteiger partial charge in [-0.05, 0) is 24.3 Å². The van der Waals surface area contributed by atoms with Gasteiger partial charge < -0.3 is 4.74 Å². The van der Waals surface area contributed by atoms with Crippen LogP contribution in [0.4, 0.5) is 0 Å². The lowest BCUT2D eigenvalue weighted by Gasteiger charge is -1.99. The van der Waals surface area contributed by atoms with Crippen molar-refractivity contribution < 1.29 is 4.74 Å². The van der Waals surface area contributed by atoms with Gasteiger partial charge in [-0.25, -0.2) is 4.98 Å². The molecule has 0 saturated heterocycles. The van der Waals surface area contributed by atoms with E-state index in [1.807, 2.05) is 30.3 Å². The molecule has 3 heteroatoms. The summed E-state index contributed by atoms with van der Waals surface area (Å²) in [7, 11) is 0. The number of nitrogens with zero attached hydrogens (tertiary/aromatic N) is 1. The summed E-state index contributed by atoms with van der Waals surface area (Å²) in [6, 6.07) is 13.2. The third-order valence-electron chi connectivity index (χ3n) is 2.02. The van der Waals surface area contributed by atoms with E-state index in [1.165, 1.54) is 0 Å². The fourth-order valence-electron chi connectivity index (χ4n) is 1.23. The van der Waals surface area contributed by atoms with E-state index in [9.17, 15) is 0 Å². The maximum Gasteiger partial charge on any atom is 0.149 e. The molecule has 0 aliphatic rings. The molecule has 0 N–H and O–H groups in total. The number of rotatable bonds is 2. The second kappa shape index (κ2) is 5.93. The molecule has 0 spiro atoms. The van der Waals surface area contributed by atoms with Crippen LogP contribution in [0.3, 0.4) is 0 Å². The van der Waals surface area contributed by atoms with Gasteiger partial charge in [-0.15, -0.1) is 0 Å². The van der Waals surface area contributed by atoms with Crippen molar-refractivity contribution in [3.63, 3.8) is 0 Å². The number of ether oxygens (including phenoxy) is 1. The number of aromatic nitrogens is 1. The SMILES string of the molecule is Clc1ccc(OCC#Cc2ccccc2)cn1. The Bertz CT molecular complexity index is 526. The predicted molar refractivity (Wildman–Crippen MR) is 68.1 cm³/mol. The highest BCUT2D eigenvalue weighted by atomic mass is 35.5. The number of pyridine rings is 1. The molecule has 2 rings (SSSR count). The summed E-state index contributed by atoms with van der Waals surface area (Å²) in [6.07, 6.45) is 1.58. The molecule has 0 atom stereocenters. The molecule has 2 nitrogen and oxygen atoms in total. The molecular formula is C14H10ClNO. The molecule has 2 aromatic rings. The van der Waals surface area contributed by atoms with Crippen LogP contribution in [-0.2, 0) is 0 Å². The van der Waals surface area contributed by atoms with Crippen LogP contribution in [0.15, 0.2) is 48.7 Å². The lowest BCUT2D eigenvalue weighted by atomic mass is 10.2. The Kier molecular flexibility index (Phi) is 4.01. The minimum Gasteiger partial charge on any atom is -0.479 e. The van der Waals surface area contributed by atoms with E-state index in [0.717, 1.165) is 5.56 Å². The zero-order valence-electron chi connectivity index (χ0n) is 9.06. The van der Waals surface area contributed by atoms with Crippen molar-refractivity contribution >= 4 is 11.6 Å². The Morgan fingerprint density at radius 3 is 2.65 bits per heavy atom. The Labute approximate surface area is 105 Å². The molecule has 0 aliphatic carbocycles. The average Bonchev–Trinajstić information content (AvgIpc) is 2.38. The molecule has 0 unspecified atom stereocenters. The van der Waals surface area contributed by atoms with Crippen LogP contribution in [0, 0.1) is 11.8 Å². The first-order valence-corrected chi connectivity index (χ1v) is 5.51. The van der Waals surface area contributed by atoms with Crippen LogP contribution in [0.5, 0.6) is 5.75 Å². The molecule has 1 aromatic heterocycles. The molecule has 84 valence electrons. The van der Waals surface area contributed by atoms with Crippen molar-refractivity contribution in [2.75, 3.05) is 6.61 Å². The molecule has 0 aliphatic heterocycles. The van der Waals surface area contributed by atoms with E-state index in [-0.39, 0.29) is 0 Å². The van der Waals surface area contributed by atoms with Crippen molar-refractivity contribution in [1.29, 1.82) is 0 Å². The maximum absolute atomic E-state index is 5.66. The molecule has 0 amide bonds. The lowest BCUT2D eigenvalue weighted by Crippen LogP contribution is -1.94. The van der Waals surface area contributed by atoms with E-state index in [2.05, 4.69) is 16.8 Å². The maximum atomic E-state index is 5.66. The van der Waals surface area contributed by atoms with E-state index in [0.29, 0.717) is 17.5 Å². The van der Waals surface area contributed by atoms with Crippen molar-refractivity contribution in [1.82, 2.24) is 4.98 Å². The molecule has 0 bridgehead atoms. The highest BCUT2D eigenvalue weighted by molar-refractivity contribution is 6.29. The predicted octanol–water partition coefficient (Wildman–Crippen LogP) is 3.17. The Morgan fingerprint density at radius 2 is 1.94 bits per heavy atom. The van der Waals surface area contributed by atoms with Crippen LogP contribution < -0.4 is 4.74 Å². The fourth-order valence-corrected chi connectivity index (χ4v) is 1.34. The zero-order valence-corrected chi connectivity index (χ0v) is 9.82. The van der Waals surface area contributed by atoms with Crippen LogP contribution in [0.25, 0.3) is 0 Å². The second-order valence-electron chi connectivity index (χ2n) is 3.27. The first-order chi connectivity index (χ1) is 8.34. The molecular weight excluding hydrogens is 234 g/mol. The molecule has 0 saturated carbocycles. The average molecular weight is 244 g/mol. The van der Waals surface area contributed by atoms with Gasteiger partial charge in [0.15, 0.2) is 0 Å². The summed E-state index contributed by atoms with van der Waals surface area (Å²) >= 11 is 5.66. The van der Waals surface area contributed by atoms with E-state index in [4.69, 9.17) is 16.3 Å². The lowest BCUT2D eigenvalue weighted by molar-refractivity contribution is 0.368. The summed E-state index contributed by atoms with van der Waals surface area (Å²) in [5.74, 6) is 6.60. The van der Waals surface area contributed by atoms with Crippen molar-refractivity contribution in [3.05, 3.63) is 59.4 Å². The minimum absolute atomic E-state index is 0.332. The number of benzene rings is 1. The third kappa shape index (κ3) is 3.82. The zero-order chi connectivity index (χ0) is 11.9. The van der Waals surface area contributed by atoms with E-state index in [1.54, 1.807) is 18.3 Å². The Balaban J connectivity index is 1.88. The summed E-state index contributed by atoms with van der Waals surface area (Å²) in [6.45, 7) is 0.332. The first-order valence-electron chi connectivity index (χ1n) is 5.13.